The molecule has 30 heavy (non-hydrogen) atoms. The van der Waals surface area contributed by atoms with Crippen LogP contribution >= 0.6 is 0 Å². The molecule has 0 saturated heterocycles. The Morgan fingerprint density at radius 1 is 1.07 bits per heavy atom. The molecular weight excluding hydrogens is 380 g/mol. The SMILES string of the molecule is CCCCN(C(=O)COc1ccc(C)cc1C)c1ccc(NC(=O)CCC)c(O)c1. The molecule has 162 valence electrons. The summed E-state index contributed by atoms with van der Waals surface area (Å²) in [5.74, 6) is 0.273. The van der Waals surface area contributed by atoms with Gasteiger partial charge in [-0.15, -0.1) is 0 Å². The molecule has 2 amide bonds. The van der Waals surface area contributed by atoms with Gasteiger partial charge in [0.05, 0.1) is 5.69 Å². The topological polar surface area (TPSA) is 78.9 Å². The number of benzene rings is 2. The molecule has 0 aliphatic rings. The smallest absolute Gasteiger partial charge is 0.264 e. The first-order valence-electron chi connectivity index (χ1n) is 10.5. The number of unbranched alkanes of at least 4 members (excludes halogenated alkanes) is 1. The first-order chi connectivity index (χ1) is 14.3. The molecule has 2 rings (SSSR count). The van der Waals surface area contributed by atoms with Gasteiger partial charge in [-0.2, -0.15) is 0 Å². The second-order valence-electron chi connectivity index (χ2n) is 7.46. The number of nitrogens with zero attached hydrogens (tertiary/aromatic N) is 1. The number of ether oxygens (including phenoxy) is 1. The Morgan fingerprint density at radius 3 is 2.47 bits per heavy atom. The molecule has 0 fully saturated rings. The van der Waals surface area contributed by atoms with Crippen LogP contribution in [0.3, 0.4) is 0 Å². The number of phenols is 1. The predicted octanol–water partition coefficient (Wildman–Crippen LogP) is 4.96. The maximum atomic E-state index is 12.9. The highest BCUT2D eigenvalue weighted by atomic mass is 16.5. The molecule has 0 saturated carbocycles. The van der Waals surface area contributed by atoms with Crippen molar-refractivity contribution >= 4 is 23.2 Å². The number of nitrogens with one attached hydrogen (secondary N) is 1. The van der Waals surface area contributed by atoms with Crippen LogP contribution in [-0.2, 0) is 9.59 Å². The molecule has 2 N–H and O–H groups in total. The van der Waals surface area contributed by atoms with Crippen molar-refractivity contribution in [2.24, 2.45) is 0 Å². The maximum absolute atomic E-state index is 12.9. The van der Waals surface area contributed by atoms with E-state index in [4.69, 9.17) is 4.74 Å². The van der Waals surface area contributed by atoms with Crippen LogP contribution in [0.15, 0.2) is 36.4 Å². The number of hydrogen-bond donors (Lipinski definition) is 2. The summed E-state index contributed by atoms with van der Waals surface area (Å²) in [5.41, 5.74) is 3.03. The summed E-state index contributed by atoms with van der Waals surface area (Å²) in [5, 5.41) is 13.0. The third-order valence-electron chi connectivity index (χ3n) is 4.76. The van der Waals surface area contributed by atoms with Gasteiger partial charge in [-0.25, -0.2) is 0 Å². The minimum absolute atomic E-state index is 0.0680. The summed E-state index contributed by atoms with van der Waals surface area (Å²) >= 11 is 0. The number of rotatable bonds is 10. The summed E-state index contributed by atoms with van der Waals surface area (Å²) in [6.45, 7) is 8.36. The Kier molecular flexibility index (Phi) is 8.71. The van der Waals surface area contributed by atoms with Gasteiger partial charge in [0, 0.05) is 24.7 Å². The van der Waals surface area contributed by atoms with Crippen LogP contribution in [-0.4, -0.2) is 30.1 Å². The number of amides is 2. The third kappa shape index (κ3) is 6.51. The van der Waals surface area contributed by atoms with Crippen LogP contribution in [0.5, 0.6) is 11.5 Å². The van der Waals surface area contributed by atoms with Gasteiger partial charge in [0.2, 0.25) is 5.91 Å². The lowest BCUT2D eigenvalue weighted by atomic mass is 10.1. The molecule has 6 heteroatoms. The van der Waals surface area contributed by atoms with Gasteiger partial charge in [-0.3, -0.25) is 9.59 Å². The standard InChI is InChI=1S/C24H32N2O4/c1-5-7-13-26(24(29)16-30-22-12-9-17(3)14-18(22)4)19-10-11-20(21(27)15-19)25-23(28)8-6-2/h9-12,14-15,27H,5-8,13,16H2,1-4H3,(H,25,28). The van der Waals surface area contributed by atoms with Gasteiger partial charge in [0.15, 0.2) is 6.61 Å². The molecule has 0 aliphatic heterocycles. The first-order valence-corrected chi connectivity index (χ1v) is 10.5. The van der Waals surface area contributed by atoms with E-state index in [0.717, 1.165) is 30.4 Å². The Morgan fingerprint density at radius 2 is 1.83 bits per heavy atom. The Hall–Kier alpha value is -3.02. The van der Waals surface area contributed by atoms with Crippen molar-refractivity contribution in [2.75, 3.05) is 23.4 Å². The second-order valence-corrected chi connectivity index (χ2v) is 7.46. The zero-order chi connectivity index (χ0) is 22.1. The van der Waals surface area contributed by atoms with Gasteiger partial charge in [-0.05, 0) is 50.5 Å². The van der Waals surface area contributed by atoms with E-state index in [1.54, 1.807) is 17.0 Å². The summed E-state index contributed by atoms with van der Waals surface area (Å²) in [7, 11) is 0. The number of hydrogen-bond acceptors (Lipinski definition) is 4. The van der Waals surface area contributed by atoms with Crippen LogP contribution in [0.25, 0.3) is 0 Å². The maximum Gasteiger partial charge on any atom is 0.264 e. The number of anilines is 2. The molecule has 0 aromatic heterocycles. The van der Waals surface area contributed by atoms with Crippen LogP contribution < -0.4 is 15.0 Å². The predicted molar refractivity (Wildman–Crippen MR) is 120 cm³/mol. The van der Waals surface area contributed by atoms with E-state index in [9.17, 15) is 14.7 Å². The van der Waals surface area contributed by atoms with Crippen LogP contribution in [0.4, 0.5) is 11.4 Å². The number of carbonyl (C=O) groups is 2. The second kappa shape index (κ2) is 11.2. The van der Waals surface area contributed by atoms with Crippen molar-refractivity contribution in [1.29, 1.82) is 0 Å². The molecule has 2 aromatic rings. The van der Waals surface area contributed by atoms with Gasteiger partial charge >= 0.3 is 0 Å². The molecule has 0 aliphatic carbocycles. The van der Waals surface area contributed by atoms with Gasteiger partial charge in [0.1, 0.15) is 11.5 Å². The number of aromatic hydroxyl groups is 1. The lowest BCUT2D eigenvalue weighted by Gasteiger charge is -2.24. The minimum atomic E-state index is -0.189. The summed E-state index contributed by atoms with van der Waals surface area (Å²) in [6, 6.07) is 10.7. The van der Waals surface area contributed by atoms with Crippen molar-refractivity contribution in [3.63, 3.8) is 0 Å². The molecule has 0 atom stereocenters. The fourth-order valence-corrected chi connectivity index (χ4v) is 3.13. The van der Waals surface area contributed by atoms with Crippen LogP contribution in [0.1, 0.15) is 50.7 Å². The highest BCUT2D eigenvalue weighted by Crippen LogP contribution is 2.29. The normalized spacial score (nSPS) is 10.5. The Bertz CT molecular complexity index is 880. The Balaban J connectivity index is 2.14. The van der Waals surface area contributed by atoms with Crippen molar-refractivity contribution in [3.8, 4) is 11.5 Å². The van der Waals surface area contributed by atoms with Crippen molar-refractivity contribution in [3.05, 3.63) is 47.5 Å². The molecular formula is C24H32N2O4. The number of carbonyl (C=O) groups excluding carboxylic acids is 2. The zero-order valence-corrected chi connectivity index (χ0v) is 18.3. The fraction of sp³-hybridized carbons (Fsp3) is 0.417. The molecule has 0 heterocycles. The monoisotopic (exact) mass is 412 g/mol. The van der Waals surface area contributed by atoms with Gasteiger partial charge in [0.25, 0.3) is 5.91 Å². The quantitative estimate of drug-likeness (QED) is 0.541. The van der Waals surface area contributed by atoms with Gasteiger partial charge < -0.3 is 20.1 Å². The van der Waals surface area contributed by atoms with E-state index in [2.05, 4.69) is 12.2 Å². The number of aryl methyl sites for hydroxylation is 2. The first kappa shape index (κ1) is 23.3. The largest absolute Gasteiger partial charge is 0.506 e. The zero-order valence-electron chi connectivity index (χ0n) is 18.3. The molecule has 0 radical (unpaired) electrons. The molecule has 0 spiro atoms. The molecule has 2 aromatic carbocycles. The van der Waals surface area contributed by atoms with E-state index in [-0.39, 0.29) is 24.2 Å². The fourth-order valence-electron chi connectivity index (χ4n) is 3.13. The summed E-state index contributed by atoms with van der Waals surface area (Å²) in [4.78, 5) is 26.3. The van der Waals surface area contributed by atoms with E-state index in [1.165, 1.54) is 6.07 Å². The van der Waals surface area contributed by atoms with Crippen molar-refractivity contribution in [1.82, 2.24) is 0 Å². The van der Waals surface area contributed by atoms with E-state index in [1.807, 2.05) is 39.0 Å². The van der Waals surface area contributed by atoms with E-state index >= 15 is 0 Å². The highest BCUT2D eigenvalue weighted by Gasteiger charge is 2.18. The summed E-state index contributed by atoms with van der Waals surface area (Å²) < 4.78 is 5.76. The average Bonchev–Trinajstić information content (AvgIpc) is 2.69. The van der Waals surface area contributed by atoms with E-state index in [0.29, 0.717) is 30.1 Å². The van der Waals surface area contributed by atoms with Gasteiger partial charge in [-0.1, -0.05) is 38.0 Å². The highest BCUT2D eigenvalue weighted by molar-refractivity contribution is 5.96. The van der Waals surface area contributed by atoms with E-state index < -0.39 is 0 Å². The Labute approximate surface area is 178 Å². The van der Waals surface area contributed by atoms with Crippen molar-refractivity contribution in [2.45, 2.75) is 53.4 Å². The third-order valence-corrected chi connectivity index (χ3v) is 4.76. The number of phenolic OH excluding ortho intramolecular Hbond substituents is 1. The average molecular weight is 413 g/mol. The lowest BCUT2D eigenvalue weighted by molar-refractivity contribution is -0.120. The molecule has 0 bridgehead atoms. The molecule has 0 unspecified atom stereocenters. The van der Waals surface area contributed by atoms with Crippen LogP contribution in [0.2, 0.25) is 0 Å². The molecule has 6 nitrogen and oxygen atoms in total. The van der Waals surface area contributed by atoms with Crippen LogP contribution in [0, 0.1) is 13.8 Å². The summed E-state index contributed by atoms with van der Waals surface area (Å²) in [6.07, 6.45) is 2.87. The van der Waals surface area contributed by atoms with Crippen molar-refractivity contribution < 1.29 is 19.4 Å². The lowest BCUT2D eigenvalue weighted by Crippen LogP contribution is -2.35. The minimum Gasteiger partial charge on any atom is -0.506 e.